The number of methoxy groups -OCH3 is 1. The first-order valence-electron chi connectivity index (χ1n) is 11.6. The fourth-order valence-corrected chi connectivity index (χ4v) is 6.66. The molecule has 10 heteroatoms. The maximum atomic E-state index is 14.3. The molecule has 0 atom stereocenters. The molecule has 3 aromatic carbocycles. The van der Waals surface area contributed by atoms with Gasteiger partial charge in [0.25, 0.3) is 10.0 Å². The van der Waals surface area contributed by atoms with Crippen molar-refractivity contribution in [3.8, 4) is 5.75 Å². The lowest BCUT2D eigenvalue weighted by molar-refractivity contribution is 0.253. The summed E-state index contributed by atoms with van der Waals surface area (Å²) in [4.78, 5) is 19.7. The van der Waals surface area contributed by atoms with E-state index in [1.165, 1.54) is 12.0 Å². The molecule has 0 aromatic heterocycles. The summed E-state index contributed by atoms with van der Waals surface area (Å²) >= 11 is 6.54. The zero-order chi connectivity index (χ0) is 25.4. The highest BCUT2D eigenvalue weighted by atomic mass is 35.5. The molecule has 188 valence electrons. The third-order valence-electron chi connectivity index (χ3n) is 6.54. The summed E-state index contributed by atoms with van der Waals surface area (Å²) in [5.41, 5.74) is 1.79. The van der Waals surface area contributed by atoms with Crippen molar-refractivity contribution in [1.82, 2.24) is 4.90 Å². The standard InChI is InChI=1S/C26H27ClN4O4S/c1-28-12-14-29(15-13-28)22-16-20(27)17-23-25(22)36(33,34)31(21-10-6-7-11-24(21)35-2)26(32)30(23)18-19-8-4-3-5-9-19/h3-11,16-17H,12-15,18H2,1-2H3. The number of rotatable bonds is 5. The molecule has 0 aliphatic carbocycles. The monoisotopic (exact) mass is 526 g/mol. The lowest BCUT2D eigenvalue weighted by Crippen LogP contribution is -2.52. The minimum Gasteiger partial charge on any atom is -0.495 e. The Morgan fingerprint density at radius 3 is 2.22 bits per heavy atom. The summed E-state index contributed by atoms with van der Waals surface area (Å²) in [5, 5.41) is 0.370. The molecule has 1 saturated heterocycles. The molecule has 3 aromatic rings. The Kier molecular flexibility index (Phi) is 6.55. The third-order valence-corrected chi connectivity index (χ3v) is 8.53. The van der Waals surface area contributed by atoms with E-state index in [9.17, 15) is 13.2 Å². The molecule has 0 unspecified atom stereocenters. The summed E-state index contributed by atoms with van der Waals surface area (Å²) in [7, 11) is -0.823. The Morgan fingerprint density at radius 2 is 1.53 bits per heavy atom. The summed E-state index contributed by atoms with van der Waals surface area (Å²) in [6, 6.07) is 18.6. The lowest BCUT2D eigenvalue weighted by atomic mass is 10.1. The molecule has 0 saturated carbocycles. The van der Waals surface area contributed by atoms with Crippen LogP contribution in [0.15, 0.2) is 71.6 Å². The van der Waals surface area contributed by atoms with Crippen LogP contribution in [0.5, 0.6) is 5.75 Å². The summed E-state index contributed by atoms with van der Waals surface area (Å²) in [6.45, 7) is 3.02. The van der Waals surface area contributed by atoms with Crippen molar-refractivity contribution in [2.75, 3.05) is 54.4 Å². The van der Waals surface area contributed by atoms with Crippen LogP contribution >= 0.6 is 11.6 Å². The average Bonchev–Trinajstić information content (AvgIpc) is 2.87. The van der Waals surface area contributed by atoms with Crippen LogP contribution in [0.25, 0.3) is 0 Å². The SMILES string of the molecule is COc1ccccc1N1C(=O)N(Cc2ccccc2)c2cc(Cl)cc(N3CCN(C)CC3)c2S1(=O)=O. The first kappa shape index (κ1) is 24.4. The summed E-state index contributed by atoms with van der Waals surface area (Å²) < 4.78 is 34.8. The van der Waals surface area contributed by atoms with E-state index in [2.05, 4.69) is 4.90 Å². The van der Waals surface area contributed by atoms with Crippen LogP contribution in [0.3, 0.4) is 0 Å². The number of hydrogen-bond acceptors (Lipinski definition) is 6. The second-order valence-electron chi connectivity index (χ2n) is 8.86. The molecule has 2 aliphatic heterocycles. The van der Waals surface area contributed by atoms with E-state index >= 15 is 0 Å². The molecule has 8 nitrogen and oxygen atoms in total. The average molecular weight is 527 g/mol. The van der Waals surface area contributed by atoms with Crippen LogP contribution in [0.1, 0.15) is 5.56 Å². The predicted molar refractivity (Wildman–Crippen MR) is 142 cm³/mol. The number of likely N-dealkylation sites (N-methyl/N-ethyl adjacent to an activating group) is 1. The van der Waals surface area contributed by atoms with Crippen molar-refractivity contribution >= 4 is 44.7 Å². The highest BCUT2D eigenvalue weighted by Gasteiger charge is 2.46. The summed E-state index contributed by atoms with van der Waals surface area (Å²) in [5.74, 6) is 0.285. The molecule has 1 fully saturated rings. The van der Waals surface area contributed by atoms with Gasteiger partial charge in [0.05, 0.1) is 25.0 Å². The van der Waals surface area contributed by atoms with Gasteiger partial charge in [-0.3, -0.25) is 4.90 Å². The van der Waals surface area contributed by atoms with Gasteiger partial charge in [-0.05, 0) is 36.9 Å². The number of fused-ring (bicyclic) bond motifs is 1. The van der Waals surface area contributed by atoms with E-state index in [0.717, 1.165) is 23.0 Å². The van der Waals surface area contributed by atoms with Crippen LogP contribution in [-0.2, 0) is 16.6 Å². The van der Waals surface area contributed by atoms with Crippen molar-refractivity contribution in [3.63, 3.8) is 0 Å². The number of ether oxygens (including phenoxy) is 1. The second kappa shape index (κ2) is 9.65. The third kappa shape index (κ3) is 4.27. The summed E-state index contributed by atoms with van der Waals surface area (Å²) in [6.07, 6.45) is 0. The first-order valence-corrected chi connectivity index (χ1v) is 13.4. The van der Waals surface area contributed by atoms with Crippen molar-refractivity contribution in [3.05, 3.63) is 77.3 Å². The fourth-order valence-electron chi connectivity index (χ4n) is 4.67. The zero-order valence-corrected chi connectivity index (χ0v) is 21.7. The number of nitrogens with zero attached hydrogens (tertiary/aromatic N) is 4. The highest BCUT2D eigenvalue weighted by Crippen LogP contribution is 2.46. The van der Waals surface area contributed by atoms with Gasteiger partial charge in [-0.1, -0.05) is 54.1 Å². The molecular formula is C26H27ClN4O4S. The van der Waals surface area contributed by atoms with Crippen LogP contribution in [0.2, 0.25) is 5.02 Å². The fraction of sp³-hybridized carbons (Fsp3) is 0.269. The number of amides is 2. The molecular weight excluding hydrogens is 500 g/mol. The first-order chi connectivity index (χ1) is 17.3. The van der Waals surface area contributed by atoms with Gasteiger partial charge in [-0.2, -0.15) is 4.31 Å². The van der Waals surface area contributed by atoms with Crippen LogP contribution in [-0.4, -0.2) is 59.7 Å². The lowest BCUT2D eigenvalue weighted by Gasteiger charge is -2.40. The van der Waals surface area contributed by atoms with E-state index in [1.54, 1.807) is 36.4 Å². The van der Waals surface area contributed by atoms with Gasteiger partial charge in [-0.25, -0.2) is 13.2 Å². The van der Waals surface area contributed by atoms with Gasteiger partial charge in [0, 0.05) is 31.2 Å². The van der Waals surface area contributed by atoms with Gasteiger partial charge < -0.3 is 14.5 Å². The molecule has 0 radical (unpaired) electrons. The van der Waals surface area contributed by atoms with Crippen molar-refractivity contribution in [1.29, 1.82) is 0 Å². The van der Waals surface area contributed by atoms with Crippen molar-refractivity contribution < 1.29 is 17.9 Å². The Labute approximate surface area is 216 Å². The van der Waals surface area contributed by atoms with E-state index in [-0.39, 0.29) is 28.6 Å². The predicted octanol–water partition coefficient (Wildman–Crippen LogP) is 4.44. The minimum atomic E-state index is -4.30. The van der Waals surface area contributed by atoms with E-state index in [1.807, 2.05) is 42.3 Å². The molecule has 2 heterocycles. The highest BCUT2D eigenvalue weighted by molar-refractivity contribution is 7.94. The number of benzene rings is 3. The number of hydrogen-bond donors (Lipinski definition) is 0. The molecule has 0 spiro atoms. The van der Waals surface area contributed by atoms with Gasteiger partial charge >= 0.3 is 6.03 Å². The van der Waals surface area contributed by atoms with Crippen LogP contribution < -0.4 is 18.8 Å². The maximum Gasteiger partial charge on any atom is 0.343 e. The molecule has 0 N–H and O–H groups in total. The number of para-hydroxylation sites is 2. The number of carbonyl (C=O) groups is 1. The molecule has 0 bridgehead atoms. The topological polar surface area (TPSA) is 73.4 Å². The smallest absolute Gasteiger partial charge is 0.343 e. The number of halogens is 1. The number of piperazine rings is 1. The van der Waals surface area contributed by atoms with Gasteiger partial charge in [0.2, 0.25) is 0 Å². The normalized spacial score (nSPS) is 17.8. The second-order valence-corrected chi connectivity index (χ2v) is 11.0. The molecule has 2 aliphatic rings. The number of urea groups is 1. The van der Waals surface area contributed by atoms with Crippen molar-refractivity contribution in [2.24, 2.45) is 0 Å². The molecule has 5 rings (SSSR count). The Morgan fingerprint density at radius 1 is 0.889 bits per heavy atom. The Hall–Kier alpha value is -3.27. The van der Waals surface area contributed by atoms with Crippen molar-refractivity contribution in [2.45, 2.75) is 11.4 Å². The van der Waals surface area contributed by atoms with Crippen LogP contribution in [0, 0.1) is 0 Å². The molecule has 36 heavy (non-hydrogen) atoms. The molecule has 2 amide bonds. The van der Waals surface area contributed by atoms with E-state index in [0.29, 0.717) is 23.8 Å². The van der Waals surface area contributed by atoms with Gasteiger partial charge in [0.1, 0.15) is 16.3 Å². The maximum absolute atomic E-state index is 14.3. The largest absolute Gasteiger partial charge is 0.495 e. The Balaban J connectivity index is 1.74. The van der Waals surface area contributed by atoms with E-state index < -0.39 is 16.1 Å². The van der Waals surface area contributed by atoms with E-state index in [4.69, 9.17) is 16.3 Å². The minimum absolute atomic E-state index is 0.0675. The Bertz CT molecular complexity index is 1390. The van der Waals surface area contributed by atoms with Gasteiger partial charge in [0.15, 0.2) is 0 Å². The number of anilines is 3. The number of carbonyl (C=O) groups excluding carboxylic acids is 1. The quantitative estimate of drug-likeness (QED) is 0.489. The van der Waals surface area contributed by atoms with Crippen LogP contribution in [0.4, 0.5) is 21.9 Å². The van der Waals surface area contributed by atoms with Gasteiger partial charge in [-0.15, -0.1) is 0 Å². The zero-order valence-electron chi connectivity index (χ0n) is 20.1. The number of sulfonamides is 1.